The van der Waals surface area contributed by atoms with E-state index in [9.17, 15) is 0 Å². The van der Waals surface area contributed by atoms with Crippen LogP contribution in [0.3, 0.4) is 0 Å². The molecule has 3 nitrogen and oxygen atoms in total. The molecule has 4 heteroatoms. The highest BCUT2D eigenvalue weighted by Gasteiger charge is 1.90. The molecule has 0 aromatic carbocycles. The van der Waals surface area contributed by atoms with Gasteiger partial charge in [0.1, 0.15) is 0 Å². The normalized spacial score (nSPS) is 8.77. The largest absolute Gasteiger partial charge is 0.357 e. The zero-order valence-corrected chi connectivity index (χ0v) is 8.30. The summed E-state index contributed by atoms with van der Waals surface area (Å²) >= 11 is 4.05. The third-order valence-electron chi connectivity index (χ3n) is 1.34. The maximum absolute atomic E-state index is 4.05. The second-order valence-electron chi connectivity index (χ2n) is 2.32. The molecule has 0 amide bonds. The van der Waals surface area contributed by atoms with E-state index < -0.39 is 0 Å². The first-order chi connectivity index (χ1) is 6.36. The topological polar surface area (TPSA) is 37.8 Å². The molecule has 1 aromatic rings. The first-order valence-corrected chi connectivity index (χ1v) is 4.59. The summed E-state index contributed by atoms with van der Waals surface area (Å²) in [5.74, 6) is 7.30. The van der Waals surface area contributed by atoms with Crippen LogP contribution >= 0.6 is 12.6 Å². The number of rotatable bonds is 2. The van der Waals surface area contributed by atoms with Crippen molar-refractivity contribution in [3.63, 3.8) is 0 Å². The summed E-state index contributed by atoms with van der Waals surface area (Å²) < 4.78 is 0. The van der Waals surface area contributed by atoms with E-state index in [0.29, 0.717) is 5.95 Å². The van der Waals surface area contributed by atoms with Crippen molar-refractivity contribution in [2.75, 3.05) is 18.1 Å². The van der Waals surface area contributed by atoms with E-state index in [0.717, 1.165) is 17.7 Å². The third-order valence-corrected chi connectivity index (χ3v) is 1.57. The Morgan fingerprint density at radius 2 is 2.15 bits per heavy atom. The molecule has 1 aromatic heterocycles. The fraction of sp³-hybridized carbons (Fsp3) is 0.333. The lowest BCUT2D eigenvalue weighted by Gasteiger charge is -1.95. The van der Waals surface area contributed by atoms with Gasteiger partial charge in [-0.05, 0) is 0 Å². The lowest BCUT2D eigenvalue weighted by Crippen LogP contribution is -1.95. The summed E-state index contributed by atoms with van der Waals surface area (Å²) in [7, 11) is 1.78. The fourth-order valence-electron chi connectivity index (χ4n) is 0.742. The maximum atomic E-state index is 4.05. The zero-order chi connectivity index (χ0) is 9.52. The number of hydrogen-bond acceptors (Lipinski definition) is 4. The molecule has 1 N–H and O–H groups in total. The zero-order valence-electron chi connectivity index (χ0n) is 7.41. The third kappa shape index (κ3) is 3.34. The van der Waals surface area contributed by atoms with Crippen molar-refractivity contribution in [2.45, 2.75) is 6.42 Å². The summed E-state index contributed by atoms with van der Waals surface area (Å²) in [6.07, 6.45) is 4.19. The van der Waals surface area contributed by atoms with Gasteiger partial charge < -0.3 is 5.32 Å². The van der Waals surface area contributed by atoms with Gasteiger partial charge in [-0.25, -0.2) is 9.97 Å². The van der Waals surface area contributed by atoms with Crippen molar-refractivity contribution < 1.29 is 0 Å². The second kappa shape index (κ2) is 5.44. The molecule has 0 unspecified atom stereocenters. The van der Waals surface area contributed by atoms with Crippen molar-refractivity contribution in [2.24, 2.45) is 0 Å². The lowest BCUT2D eigenvalue weighted by atomic mass is 10.3. The summed E-state index contributed by atoms with van der Waals surface area (Å²) in [6, 6.07) is 0. The molecule has 1 heterocycles. The monoisotopic (exact) mass is 193 g/mol. The molecule has 0 aliphatic rings. The molecule has 0 aliphatic carbocycles. The molecule has 0 saturated carbocycles. The Kier molecular flexibility index (Phi) is 4.13. The molecule has 0 radical (unpaired) electrons. The molecule has 0 saturated heterocycles. The van der Waals surface area contributed by atoms with Gasteiger partial charge in [0.25, 0.3) is 0 Å². The van der Waals surface area contributed by atoms with E-state index in [1.807, 2.05) is 0 Å². The SMILES string of the molecule is CNc1ncc(C#CCCS)cn1. The average molecular weight is 193 g/mol. The Morgan fingerprint density at radius 1 is 1.46 bits per heavy atom. The van der Waals surface area contributed by atoms with Gasteiger partial charge in [0, 0.05) is 31.6 Å². The van der Waals surface area contributed by atoms with Gasteiger partial charge in [-0.3, -0.25) is 0 Å². The number of anilines is 1. The molecule has 13 heavy (non-hydrogen) atoms. The number of hydrogen-bond donors (Lipinski definition) is 2. The van der Waals surface area contributed by atoms with Gasteiger partial charge in [-0.1, -0.05) is 11.8 Å². The van der Waals surface area contributed by atoms with E-state index in [-0.39, 0.29) is 0 Å². The van der Waals surface area contributed by atoms with Crippen LogP contribution in [-0.4, -0.2) is 22.8 Å². The van der Waals surface area contributed by atoms with Gasteiger partial charge in [0.2, 0.25) is 5.95 Å². The van der Waals surface area contributed by atoms with E-state index >= 15 is 0 Å². The van der Waals surface area contributed by atoms with Crippen molar-refractivity contribution in [3.8, 4) is 11.8 Å². The minimum absolute atomic E-state index is 0.611. The highest BCUT2D eigenvalue weighted by atomic mass is 32.1. The van der Waals surface area contributed by atoms with Gasteiger partial charge in [-0.15, -0.1) is 0 Å². The number of nitrogens with one attached hydrogen (secondary N) is 1. The van der Waals surface area contributed by atoms with Crippen LogP contribution < -0.4 is 5.32 Å². The van der Waals surface area contributed by atoms with Crippen LogP contribution in [0.25, 0.3) is 0 Å². The van der Waals surface area contributed by atoms with Crippen molar-refractivity contribution >= 4 is 18.6 Å². The Bertz CT molecular complexity index is 310. The minimum Gasteiger partial charge on any atom is -0.357 e. The van der Waals surface area contributed by atoms with Gasteiger partial charge >= 0.3 is 0 Å². The first kappa shape index (κ1) is 9.87. The highest BCUT2D eigenvalue weighted by Crippen LogP contribution is 1.97. The molecular weight excluding hydrogens is 182 g/mol. The molecular formula is C9H11N3S. The standard InChI is InChI=1S/C9H11N3S/c1-10-9-11-6-8(7-12-9)4-2-3-5-13/h6-7,13H,3,5H2,1H3,(H,10,11,12). The minimum atomic E-state index is 0.611. The van der Waals surface area contributed by atoms with E-state index in [1.54, 1.807) is 19.4 Å². The molecule has 1 rings (SSSR count). The quantitative estimate of drug-likeness (QED) is 0.547. The van der Waals surface area contributed by atoms with Gasteiger partial charge in [0.05, 0.1) is 5.56 Å². The average Bonchev–Trinajstić information content (AvgIpc) is 2.19. The molecule has 68 valence electrons. The van der Waals surface area contributed by atoms with E-state index in [2.05, 4.69) is 39.8 Å². The van der Waals surface area contributed by atoms with E-state index in [4.69, 9.17) is 0 Å². The van der Waals surface area contributed by atoms with Crippen molar-refractivity contribution in [1.29, 1.82) is 0 Å². The number of nitrogens with zero attached hydrogens (tertiary/aromatic N) is 2. The number of thiol groups is 1. The lowest BCUT2D eigenvalue weighted by molar-refractivity contribution is 1.14. The van der Waals surface area contributed by atoms with Crippen LogP contribution in [-0.2, 0) is 0 Å². The fourth-order valence-corrected chi connectivity index (χ4v) is 0.854. The molecule has 0 fully saturated rings. The smallest absolute Gasteiger partial charge is 0.222 e. The van der Waals surface area contributed by atoms with E-state index in [1.165, 1.54) is 0 Å². The Morgan fingerprint density at radius 3 is 2.69 bits per heavy atom. The predicted molar refractivity (Wildman–Crippen MR) is 56.9 cm³/mol. The molecule has 0 aliphatic heterocycles. The van der Waals surface area contributed by atoms with Crippen molar-refractivity contribution in [3.05, 3.63) is 18.0 Å². The van der Waals surface area contributed by atoms with Crippen LogP contribution in [0.5, 0.6) is 0 Å². The van der Waals surface area contributed by atoms with Crippen LogP contribution in [0.4, 0.5) is 5.95 Å². The van der Waals surface area contributed by atoms with Crippen molar-refractivity contribution in [1.82, 2.24) is 9.97 Å². The summed E-state index contributed by atoms with van der Waals surface area (Å²) in [6.45, 7) is 0. The Labute approximate surface area is 83.4 Å². The number of aromatic nitrogens is 2. The Balaban J connectivity index is 2.65. The second-order valence-corrected chi connectivity index (χ2v) is 2.77. The van der Waals surface area contributed by atoms with Crippen LogP contribution in [0.1, 0.15) is 12.0 Å². The molecule has 0 spiro atoms. The van der Waals surface area contributed by atoms with Crippen LogP contribution in [0, 0.1) is 11.8 Å². The maximum Gasteiger partial charge on any atom is 0.222 e. The Hall–Kier alpha value is -1.21. The summed E-state index contributed by atoms with van der Waals surface area (Å²) in [5, 5.41) is 2.84. The first-order valence-electron chi connectivity index (χ1n) is 3.96. The molecule has 0 atom stereocenters. The van der Waals surface area contributed by atoms with Gasteiger partial charge in [0.15, 0.2) is 0 Å². The predicted octanol–water partition coefficient (Wildman–Crippen LogP) is 1.19. The van der Waals surface area contributed by atoms with Crippen LogP contribution in [0.2, 0.25) is 0 Å². The highest BCUT2D eigenvalue weighted by molar-refractivity contribution is 7.80. The summed E-state index contributed by atoms with van der Waals surface area (Å²) in [4.78, 5) is 8.06. The summed E-state index contributed by atoms with van der Waals surface area (Å²) in [5.41, 5.74) is 0.834. The van der Waals surface area contributed by atoms with Crippen LogP contribution in [0.15, 0.2) is 12.4 Å². The molecule has 0 bridgehead atoms. The van der Waals surface area contributed by atoms with Gasteiger partial charge in [-0.2, -0.15) is 12.6 Å².